The molecule has 4 aromatic rings. The van der Waals surface area contributed by atoms with Crippen molar-refractivity contribution < 1.29 is 18.8 Å². The summed E-state index contributed by atoms with van der Waals surface area (Å²) in [4.78, 5) is 19.5. The number of carbonyl (C=O) groups is 1. The molecule has 1 saturated heterocycles. The zero-order valence-electron chi connectivity index (χ0n) is 18.5. The second-order valence-electron chi connectivity index (χ2n) is 8.57. The third-order valence-electron chi connectivity index (χ3n) is 6.12. The van der Waals surface area contributed by atoms with Crippen molar-refractivity contribution in [3.05, 3.63) is 101 Å². The lowest BCUT2D eigenvalue weighted by Gasteiger charge is -2.31. The standard InChI is InChI=1S/C27H24FN3O3/c28-22-10-4-8-20(16-22)25-29-26(34-30-25)21-9-5-13-31(17-21)27(33)23-15-19(11-12-24(23)32)14-18-6-2-1-3-7-18/h1-4,6-8,10-12,15-16,21,32H,5,9,13-14,17H2. The maximum atomic E-state index is 13.5. The molecule has 0 saturated carbocycles. The van der Waals surface area contributed by atoms with Crippen molar-refractivity contribution in [1.29, 1.82) is 0 Å². The van der Waals surface area contributed by atoms with Crippen molar-refractivity contribution in [2.45, 2.75) is 25.2 Å². The molecular formula is C27H24FN3O3. The highest BCUT2D eigenvalue weighted by Gasteiger charge is 2.30. The van der Waals surface area contributed by atoms with E-state index in [-0.39, 0.29) is 23.4 Å². The zero-order chi connectivity index (χ0) is 23.5. The molecule has 1 aliphatic heterocycles. The summed E-state index contributed by atoms with van der Waals surface area (Å²) in [7, 11) is 0. The van der Waals surface area contributed by atoms with E-state index in [1.54, 1.807) is 29.2 Å². The Morgan fingerprint density at radius 3 is 2.74 bits per heavy atom. The average molecular weight is 458 g/mol. The summed E-state index contributed by atoms with van der Waals surface area (Å²) >= 11 is 0. The van der Waals surface area contributed by atoms with Gasteiger partial charge >= 0.3 is 0 Å². The zero-order valence-corrected chi connectivity index (χ0v) is 18.5. The van der Waals surface area contributed by atoms with Crippen molar-refractivity contribution in [1.82, 2.24) is 15.0 Å². The van der Waals surface area contributed by atoms with Gasteiger partial charge in [0.1, 0.15) is 11.6 Å². The van der Waals surface area contributed by atoms with Crippen LogP contribution in [-0.4, -0.2) is 39.1 Å². The summed E-state index contributed by atoms with van der Waals surface area (Å²) in [5.74, 6) is 0.00913. The van der Waals surface area contributed by atoms with Gasteiger partial charge in [-0.1, -0.05) is 53.7 Å². The van der Waals surface area contributed by atoms with Gasteiger partial charge in [-0.3, -0.25) is 4.79 Å². The lowest BCUT2D eigenvalue weighted by molar-refractivity contribution is 0.0692. The van der Waals surface area contributed by atoms with Crippen LogP contribution in [0, 0.1) is 5.82 Å². The molecule has 7 heteroatoms. The van der Waals surface area contributed by atoms with Crippen LogP contribution in [0.4, 0.5) is 4.39 Å². The van der Waals surface area contributed by atoms with Gasteiger partial charge in [-0.2, -0.15) is 4.98 Å². The van der Waals surface area contributed by atoms with Crippen molar-refractivity contribution in [3.8, 4) is 17.1 Å². The van der Waals surface area contributed by atoms with Crippen LogP contribution >= 0.6 is 0 Å². The van der Waals surface area contributed by atoms with E-state index in [4.69, 9.17) is 4.52 Å². The van der Waals surface area contributed by atoms with E-state index in [2.05, 4.69) is 10.1 Å². The normalized spacial score (nSPS) is 15.9. The summed E-state index contributed by atoms with van der Waals surface area (Å²) in [6, 6.07) is 21.2. The predicted molar refractivity (Wildman–Crippen MR) is 125 cm³/mol. The fraction of sp³-hybridized carbons (Fsp3) is 0.222. The molecule has 0 spiro atoms. The highest BCUT2D eigenvalue weighted by atomic mass is 19.1. The Balaban J connectivity index is 1.32. The lowest BCUT2D eigenvalue weighted by atomic mass is 9.96. The Hall–Kier alpha value is -4.00. The first-order valence-electron chi connectivity index (χ1n) is 11.3. The van der Waals surface area contributed by atoms with Crippen molar-refractivity contribution >= 4 is 5.91 Å². The molecule has 2 heterocycles. The Bertz CT molecular complexity index is 1310. The van der Waals surface area contributed by atoms with Gasteiger partial charge in [0, 0.05) is 18.7 Å². The molecule has 1 atom stereocenters. The monoisotopic (exact) mass is 457 g/mol. The Labute approximate surface area is 196 Å². The van der Waals surface area contributed by atoms with Gasteiger partial charge < -0.3 is 14.5 Å². The van der Waals surface area contributed by atoms with Gasteiger partial charge in [-0.15, -0.1) is 0 Å². The summed E-state index contributed by atoms with van der Waals surface area (Å²) in [5, 5.41) is 14.4. The van der Waals surface area contributed by atoms with Gasteiger partial charge in [0.25, 0.3) is 5.91 Å². The molecule has 1 aliphatic rings. The van der Waals surface area contributed by atoms with Gasteiger partial charge in [0.05, 0.1) is 11.5 Å². The average Bonchev–Trinajstić information content (AvgIpc) is 3.36. The van der Waals surface area contributed by atoms with E-state index in [1.165, 1.54) is 12.1 Å². The van der Waals surface area contributed by atoms with Crippen molar-refractivity contribution in [2.75, 3.05) is 13.1 Å². The number of benzene rings is 3. The second kappa shape index (κ2) is 9.47. The SMILES string of the molecule is O=C(c1cc(Cc2ccccc2)ccc1O)N1CCCC(c2nc(-c3cccc(F)c3)no2)C1. The van der Waals surface area contributed by atoms with Crippen molar-refractivity contribution in [2.24, 2.45) is 0 Å². The molecule has 1 N–H and O–H groups in total. The molecule has 5 rings (SSSR count). The summed E-state index contributed by atoms with van der Waals surface area (Å²) in [6.45, 7) is 0.995. The van der Waals surface area contributed by atoms with Gasteiger partial charge in [-0.05, 0) is 54.7 Å². The van der Waals surface area contributed by atoms with Crippen LogP contribution in [0.5, 0.6) is 5.75 Å². The Morgan fingerprint density at radius 1 is 1.06 bits per heavy atom. The number of carbonyl (C=O) groups excluding carboxylic acids is 1. The predicted octanol–water partition coefficient (Wildman–Crippen LogP) is 5.19. The van der Waals surface area contributed by atoms with Crippen LogP contribution in [0.1, 0.15) is 46.1 Å². The number of hydrogen-bond acceptors (Lipinski definition) is 5. The molecule has 0 bridgehead atoms. The van der Waals surface area contributed by atoms with Gasteiger partial charge in [-0.25, -0.2) is 4.39 Å². The molecule has 6 nitrogen and oxygen atoms in total. The number of phenols is 1. The molecule has 1 aromatic heterocycles. The van der Waals surface area contributed by atoms with Crippen LogP contribution in [0.15, 0.2) is 77.3 Å². The number of likely N-dealkylation sites (tertiary alicyclic amines) is 1. The second-order valence-corrected chi connectivity index (χ2v) is 8.57. The third kappa shape index (κ3) is 4.69. The first kappa shape index (κ1) is 21.8. The number of nitrogens with zero attached hydrogens (tertiary/aromatic N) is 3. The molecule has 3 aromatic carbocycles. The molecule has 34 heavy (non-hydrogen) atoms. The summed E-state index contributed by atoms with van der Waals surface area (Å²) < 4.78 is 19.0. The first-order chi connectivity index (χ1) is 16.6. The maximum Gasteiger partial charge on any atom is 0.257 e. The minimum atomic E-state index is -0.368. The van der Waals surface area contributed by atoms with E-state index in [9.17, 15) is 14.3 Å². The number of aromatic nitrogens is 2. The fourth-order valence-corrected chi connectivity index (χ4v) is 4.38. The Morgan fingerprint density at radius 2 is 1.91 bits per heavy atom. The van der Waals surface area contributed by atoms with Crippen LogP contribution < -0.4 is 0 Å². The first-order valence-corrected chi connectivity index (χ1v) is 11.3. The molecule has 1 fully saturated rings. The number of hydrogen-bond donors (Lipinski definition) is 1. The largest absolute Gasteiger partial charge is 0.507 e. The van der Waals surface area contributed by atoms with Gasteiger partial charge in [0.2, 0.25) is 11.7 Å². The van der Waals surface area contributed by atoms with Crippen LogP contribution in [-0.2, 0) is 6.42 Å². The van der Waals surface area contributed by atoms with Crippen LogP contribution in [0.2, 0.25) is 0 Å². The molecule has 1 unspecified atom stereocenters. The quantitative estimate of drug-likeness (QED) is 0.446. The number of halogens is 1. The van der Waals surface area contributed by atoms with E-state index < -0.39 is 0 Å². The number of phenolic OH excluding ortho intramolecular Hbond substituents is 1. The molecular weight excluding hydrogens is 433 g/mol. The molecule has 1 amide bonds. The molecule has 0 aliphatic carbocycles. The highest BCUT2D eigenvalue weighted by Crippen LogP contribution is 2.30. The minimum absolute atomic E-state index is 0.0323. The number of piperidine rings is 1. The summed E-state index contributed by atoms with van der Waals surface area (Å²) in [6.07, 6.45) is 2.25. The van der Waals surface area contributed by atoms with Crippen LogP contribution in [0.25, 0.3) is 11.4 Å². The van der Waals surface area contributed by atoms with E-state index in [1.807, 2.05) is 36.4 Å². The van der Waals surface area contributed by atoms with E-state index in [0.29, 0.717) is 42.4 Å². The number of rotatable bonds is 5. The van der Waals surface area contributed by atoms with Crippen LogP contribution in [0.3, 0.4) is 0 Å². The molecule has 172 valence electrons. The van der Waals surface area contributed by atoms with Crippen molar-refractivity contribution in [3.63, 3.8) is 0 Å². The smallest absolute Gasteiger partial charge is 0.257 e. The number of amides is 1. The Kier molecular flexibility index (Phi) is 6.08. The third-order valence-corrected chi connectivity index (χ3v) is 6.12. The minimum Gasteiger partial charge on any atom is -0.507 e. The highest BCUT2D eigenvalue weighted by molar-refractivity contribution is 5.97. The van der Waals surface area contributed by atoms with E-state index in [0.717, 1.165) is 24.0 Å². The maximum absolute atomic E-state index is 13.5. The topological polar surface area (TPSA) is 79.5 Å². The summed E-state index contributed by atoms with van der Waals surface area (Å²) in [5.41, 5.74) is 2.92. The van der Waals surface area contributed by atoms with E-state index >= 15 is 0 Å². The molecule has 0 radical (unpaired) electrons. The number of aromatic hydroxyl groups is 1. The lowest BCUT2D eigenvalue weighted by Crippen LogP contribution is -2.39. The fourth-order valence-electron chi connectivity index (χ4n) is 4.38. The van der Waals surface area contributed by atoms with Gasteiger partial charge in [0.15, 0.2) is 0 Å².